The highest BCUT2D eigenvalue weighted by Gasteiger charge is 2.09. The van der Waals surface area contributed by atoms with Crippen LogP contribution in [0.1, 0.15) is 11.1 Å². The molecular formula is C17H14BrN3O. The van der Waals surface area contributed by atoms with Gasteiger partial charge in [0.1, 0.15) is 16.2 Å². The SMILES string of the molecule is N#C/C(=C\c1cccnc1Br)C(=O)NCCc1ccccc1. The number of hydrogen-bond acceptors (Lipinski definition) is 3. The van der Waals surface area contributed by atoms with Crippen LogP contribution in [0.2, 0.25) is 0 Å². The third-order valence-electron chi connectivity index (χ3n) is 2.99. The molecule has 1 amide bonds. The Morgan fingerprint density at radius 3 is 2.73 bits per heavy atom. The number of halogens is 1. The fraction of sp³-hybridized carbons (Fsp3) is 0.118. The lowest BCUT2D eigenvalue weighted by Crippen LogP contribution is -2.26. The van der Waals surface area contributed by atoms with Gasteiger partial charge < -0.3 is 5.32 Å². The molecule has 0 fully saturated rings. The van der Waals surface area contributed by atoms with E-state index >= 15 is 0 Å². The molecule has 22 heavy (non-hydrogen) atoms. The van der Waals surface area contributed by atoms with Gasteiger partial charge in [0.2, 0.25) is 0 Å². The van der Waals surface area contributed by atoms with E-state index in [0.29, 0.717) is 16.7 Å². The highest BCUT2D eigenvalue weighted by atomic mass is 79.9. The standard InChI is InChI=1S/C17H14BrN3O/c18-16-14(7-4-9-20-16)11-15(12-19)17(22)21-10-8-13-5-2-1-3-6-13/h1-7,9,11H,8,10H2,(H,21,22)/b15-11+. The Morgan fingerprint density at radius 2 is 2.05 bits per heavy atom. The first-order valence-electron chi connectivity index (χ1n) is 6.75. The molecule has 1 N–H and O–H groups in total. The van der Waals surface area contributed by atoms with Gasteiger partial charge in [-0.05, 0) is 40.1 Å². The molecule has 0 spiro atoms. The molecule has 4 nitrogen and oxygen atoms in total. The molecule has 1 aromatic carbocycles. The molecule has 110 valence electrons. The summed E-state index contributed by atoms with van der Waals surface area (Å²) in [6, 6.07) is 15.3. The van der Waals surface area contributed by atoms with Crippen LogP contribution >= 0.6 is 15.9 Å². The van der Waals surface area contributed by atoms with E-state index in [2.05, 4.69) is 26.2 Å². The van der Waals surface area contributed by atoms with Crippen molar-refractivity contribution in [3.8, 4) is 6.07 Å². The highest BCUT2D eigenvalue weighted by molar-refractivity contribution is 9.10. The number of benzene rings is 1. The van der Waals surface area contributed by atoms with E-state index in [1.54, 1.807) is 18.3 Å². The molecule has 0 saturated heterocycles. The summed E-state index contributed by atoms with van der Waals surface area (Å²) in [5, 5.41) is 11.9. The Labute approximate surface area is 137 Å². The van der Waals surface area contributed by atoms with Crippen LogP contribution in [-0.4, -0.2) is 17.4 Å². The maximum absolute atomic E-state index is 12.0. The Kier molecular flexibility index (Phi) is 5.87. The van der Waals surface area contributed by atoms with E-state index in [4.69, 9.17) is 5.26 Å². The van der Waals surface area contributed by atoms with Crippen LogP contribution in [0.15, 0.2) is 58.8 Å². The summed E-state index contributed by atoms with van der Waals surface area (Å²) in [5.41, 5.74) is 1.89. The van der Waals surface area contributed by atoms with Crippen molar-refractivity contribution in [2.24, 2.45) is 0 Å². The minimum Gasteiger partial charge on any atom is -0.351 e. The lowest BCUT2D eigenvalue weighted by Gasteiger charge is -2.05. The Hall–Kier alpha value is -2.45. The zero-order valence-electron chi connectivity index (χ0n) is 11.8. The molecule has 0 atom stereocenters. The Balaban J connectivity index is 1.98. The molecule has 0 saturated carbocycles. The zero-order valence-corrected chi connectivity index (χ0v) is 13.4. The van der Waals surface area contributed by atoms with Crippen LogP contribution in [0.4, 0.5) is 0 Å². The molecule has 2 rings (SSSR count). The lowest BCUT2D eigenvalue weighted by molar-refractivity contribution is -0.117. The average Bonchev–Trinajstić information content (AvgIpc) is 2.55. The first kappa shape index (κ1) is 15.9. The number of nitrogens with zero attached hydrogens (tertiary/aromatic N) is 2. The highest BCUT2D eigenvalue weighted by Crippen LogP contribution is 2.16. The summed E-state index contributed by atoms with van der Waals surface area (Å²) >= 11 is 3.29. The maximum Gasteiger partial charge on any atom is 0.261 e. The number of carbonyl (C=O) groups is 1. The predicted molar refractivity (Wildman–Crippen MR) is 88.7 cm³/mol. The smallest absolute Gasteiger partial charge is 0.261 e. The number of carbonyl (C=O) groups excluding carboxylic acids is 1. The average molecular weight is 356 g/mol. The molecule has 0 aliphatic rings. The molecule has 1 aromatic heterocycles. The number of nitriles is 1. The third-order valence-corrected chi connectivity index (χ3v) is 3.66. The fourth-order valence-electron chi connectivity index (χ4n) is 1.87. The number of nitrogens with one attached hydrogen (secondary N) is 1. The van der Waals surface area contributed by atoms with Crippen LogP contribution < -0.4 is 5.32 Å². The second-order valence-electron chi connectivity index (χ2n) is 4.54. The van der Waals surface area contributed by atoms with Crippen molar-refractivity contribution in [1.82, 2.24) is 10.3 Å². The first-order chi connectivity index (χ1) is 10.7. The molecule has 1 heterocycles. The number of hydrogen-bond donors (Lipinski definition) is 1. The first-order valence-corrected chi connectivity index (χ1v) is 7.54. The molecule has 2 aromatic rings. The van der Waals surface area contributed by atoms with Gasteiger partial charge in [0, 0.05) is 18.3 Å². The van der Waals surface area contributed by atoms with Crippen molar-refractivity contribution in [3.63, 3.8) is 0 Å². The minimum atomic E-state index is -0.380. The van der Waals surface area contributed by atoms with E-state index in [1.807, 2.05) is 36.4 Å². The van der Waals surface area contributed by atoms with Crippen LogP contribution in [0.25, 0.3) is 6.08 Å². The van der Waals surface area contributed by atoms with Crippen LogP contribution in [0.3, 0.4) is 0 Å². The minimum absolute atomic E-state index is 0.0572. The van der Waals surface area contributed by atoms with E-state index < -0.39 is 0 Å². The normalized spacial score (nSPS) is 10.8. The fourth-order valence-corrected chi connectivity index (χ4v) is 2.24. The second kappa shape index (κ2) is 8.11. The summed E-state index contributed by atoms with van der Waals surface area (Å²) in [7, 11) is 0. The van der Waals surface area contributed by atoms with Gasteiger partial charge in [-0.15, -0.1) is 0 Å². The third kappa shape index (κ3) is 4.54. The van der Waals surface area contributed by atoms with Gasteiger partial charge in [0.05, 0.1) is 0 Å². The Bertz CT molecular complexity index is 720. The predicted octanol–water partition coefficient (Wildman–Crippen LogP) is 3.11. The van der Waals surface area contributed by atoms with Gasteiger partial charge in [0.25, 0.3) is 5.91 Å². The second-order valence-corrected chi connectivity index (χ2v) is 5.30. The van der Waals surface area contributed by atoms with Gasteiger partial charge in [-0.2, -0.15) is 5.26 Å². The zero-order chi connectivity index (χ0) is 15.8. The van der Waals surface area contributed by atoms with Crippen molar-refractivity contribution < 1.29 is 4.79 Å². The van der Waals surface area contributed by atoms with Crippen molar-refractivity contribution in [1.29, 1.82) is 5.26 Å². The topological polar surface area (TPSA) is 65.8 Å². The molecular weight excluding hydrogens is 342 g/mol. The van der Waals surface area contributed by atoms with E-state index in [-0.39, 0.29) is 11.5 Å². The lowest BCUT2D eigenvalue weighted by atomic mass is 10.1. The van der Waals surface area contributed by atoms with Crippen LogP contribution in [0, 0.1) is 11.3 Å². The monoisotopic (exact) mass is 355 g/mol. The van der Waals surface area contributed by atoms with Gasteiger partial charge >= 0.3 is 0 Å². The molecule has 5 heteroatoms. The summed E-state index contributed by atoms with van der Waals surface area (Å²) in [5.74, 6) is -0.380. The molecule has 0 radical (unpaired) electrons. The summed E-state index contributed by atoms with van der Waals surface area (Å²) < 4.78 is 0.597. The summed E-state index contributed by atoms with van der Waals surface area (Å²) in [6.45, 7) is 0.482. The largest absolute Gasteiger partial charge is 0.351 e. The van der Waals surface area contributed by atoms with Gasteiger partial charge in [-0.1, -0.05) is 36.4 Å². The molecule has 0 unspecified atom stereocenters. The van der Waals surface area contributed by atoms with Crippen molar-refractivity contribution in [2.45, 2.75) is 6.42 Å². The van der Waals surface area contributed by atoms with Crippen molar-refractivity contribution >= 4 is 27.9 Å². The van der Waals surface area contributed by atoms with E-state index in [9.17, 15) is 4.79 Å². The Morgan fingerprint density at radius 1 is 1.27 bits per heavy atom. The quantitative estimate of drug-likeness (QED) is 0.509. The maximum atomic E-state index is 12.0. The molecule has 0 bridgehead atoms. The van der Waals surface area contributed by atoms with Crippen molar-refractivity contribution in [2.75, 3.05) is 6.54 Å². The summed E-state index contributed by atoms with van der Waals surface area (Å²) in [4.78, 5) is 16.1. The number of rotatable bonds is 5. The molecule has 0 aliphatic heterocycles. The molecule has 0 aliphatic carbocycles. The van der Waals surface area contributed by atoms with Crippen molar-refractivity contribution in [3.05, 3.63) is 70.0 Å². The number of pyridine rings is 1. The number of aromatic nitrogens is 1. The van der Waals surface area contributed by atoms with Gasteiger partial charge in [0.15, 0.2) is 0 Å². The number of amides is 1. The summed E-state index contributed by atoms with van der Waals surface area (Å²) in [6.07, 6.45) is 3.88. The van der Waals surface area contributed by atoms with Crippen LogP contribution in [0.5, 0.6) is 0 Å². The van der Waals surface area contributed by atoms with E-state index in [1.165, 1.54) is 6.08 Å². The van der Waals surface area contributed by atoms with Crippen LogP contribution in [-0.2, 0) is 11.2 Å². The van der Waals surface area contributed by atoms with E-state index in [0.717, 1.165) is 12.0 Å². The van der Waals surface area contributed by atoms with Gasteiger partial charge in [-0.3, -0.25) is 4.79 Å². The van der Waals surface area contributed by atoms with Gasteiger partial charge in [-0.25, -0.2) is 4.98 Å².